The van der Waals surface area contributed by atoms with Gasteiger partial charge in [0.15, 0.2) is 5.82 Å². The first kappa shape index (κ1) is 16.5. The molecule has 0 spiro atoms. The minimum absolute atomic E-state index is 0.0892. The van der Waals surface area contributed by atoms with Gasteiger partial charge in [0.1, 0.15) is 11.3 Å². The maximum Gasteiger partial charge on any atom is 0.433 e. The quantitative estimate of drug-likeness (QED) is 0.856. The van der Waals surface area contributed by atoms with Crippen LogP contribution in [0.3, 0.4) is 0 Å². The number of alkyl halides is 3. The molecule has 1 saturated heterocycles. The maximum absolute atomic E-state index is 12.6. The van der Waals surface area contributed by atoms with Gasteiger partial charge in [0.2, 0.25) is 5.66 Å². The Balaban J connectivity index is 1.61. The van der Waals surface area contributed by atoms with Crippen molar-refractivity contribution in [3.63, 3.8) is 0 Å². The molecule has 1 fully saturated rings. The summed E-state index contributed by atoms with van der Waals surface area (Å²) in [4.78, 5) is 19.5. The smallest absolute Gasteiger partial charge is 0.376 e. The highest BCUT2D eigenvalue weighted by Crippen LogP contribution is 2.39. The summed E-state index contributed by atoms with van der Waals surface area (Å²) < 4.78 is 44.7. The molecule has 0 bridgehead atoms. The van der Waals surface area contributed by atoms with Crippen molar-refractivity contribution in [3.8, 4) is 0 Å². The van der Waals surface area contributed by atoms with Crippen molar-refractivity contribution in [3.05, 3.63) is 35.8 Å². The Labute approximate surface area is 144 Å². The second-order valence-corrected chi connectivity index (χ2v) is 5.93. The molecule has 2 aromatic heterocycles. The van der Waals surface area contributed by atoms with Crippen molar-refractivity contribution in [2.45, 2.75) is 18.3 Å². The molecule has 26 heavy (non-hydrogen) atoms. The number of carbonyl (C=O) groups excluding carboxylic acids is 1. The lowest BCUT2D eigenvalue weighted by atomic mass is 10.1. The van der Waals surface area contributed by atoms with Crippen molar-refractivity contribution in [1.82, 2.24) is 14.8 Å². The van der Waals surface area contributed by atoms with E-state index in [9.17, 15) is 18.0 Å². The second kappa shape index (κ2) is 5.53. The Morgan fingerprint density at radius 3 is 2.81 bits per heavy atom. The van der Waals surface area contributed by atoms with Gasteiger partial charge in [0, 0.05) is 12.6 Å². The molecule has 3 N–H and O–H groups in total. The average Bonchev–Trinajstić information content (AvgIpc) is 3.19. The molecule has 8 nitrogen and oxygen atoms in total. The number of hydrogen-bond donors (Lipinski definition) is 2. The molecular weight excluding hydrogens is 353 g/mol. The van der Waals surface area contributed by atoms with Gasteiger partial charge in [-0.2, -0.15) is 18.3 Å². The molecule has 11 heteroatoms. The van der Waals surface area contributed by atoms with Crippen LogP contribution in [0.5, 0.6) is 0 Å². The van der Waals surface area contributed by atoms with Crippen LogP contribution in [0.25, 0.3) is 0 Å². The Hall–Kier alpha value is -2.95. The fourth-order valence-corrected chi connectivity index (χ4v) is 2.81. The van der Waals surface area contributed by atoms with Gasteiger partial charge in [-0.1, -0.05) is 0 Å². The van der Waals surface area contributed by atoms with Gasteiger partial charge in [-0.05, 0) is 12.1 Å². The molecule has 4 rings (SSSR count). The van der Waals surface area contributed by atoms with Crippen LogP contribution >= 0.6 is 0 Å². The highest BCUT2D eigenvalue weighted by Gasteiger charge is 2.52. The third kappa shape index (κ3) is 2.69. The number of aliphatic imine (C=N–C) groups is 1. The summed E-state index contributed by atoms with van der Waals surface area (Å²) in [6.07, 6.45) is -1.39. The Bertz CT molecular complexity index is 905. The van der Waals surface area contributed by atoms with E-state index in [1.54, 1.807) is 0 Å². The number of primary amides is 1. The minimum Gasteiger partial charge on any atom is -0.376 e. The SMILES string of the molecule is NC(=O)c1cn([C@@]23COCCC2=N3)nc1Nc1ccc(C(F)(F)F)nc1. The fourth-order valence-electron chi connectivity index (χ4n) is 2.81. The third-order valence-corrected chi connectivity index (χ3v) is 4.19. The topological polar surface area (TPSA) is 107 Å². The average molecular weight is 366 g/mol. The summed E-state index contributed by atoms with van der Waals surface area (Å²) in [5.41, 5.74) is 4.89. The van der Waals surface area contributed by atoms with E-state index in [2.05, 4.69) is 20.4 Å². The second-order valence-electron chi connectivity index (χ2n) is 5.93. The standard InChI is InChI=1S/C15H13F3N6O2/c16-15(17,18)11-2-1-8(5-20-11)21-13-9(12(19)25)6-24(23-13)14-7-26-4-3-10(14)22-14/h1-2,5-6H,3-4,7H2,(H2,19,25)(H,21,23)/t14-/m0/s1. The minimum atomic E-state index is -4.53. The number of nitrogens with zero attached hydrogens (tertiary/aromatic N) is 4. The molecule has 2 aliphatic heterocycles. The van der Waals surface area contributed by atoms with Crippen LogP contribution in [-0.2, 0) is 16.6 Å². The fraction of sp³-hybridized carbons (Fsp3) is 0.333. The first-order valence-corrected chi connectivity index (χ1v) is 7.67. The van der Waals surface area contributed by atoms with E-state index in [1.165, 1.54) is 16.9 Å². The molecule has 0 aliphatic carbocycles. The van der Waals surface area contributed by atoms with Crippen LogP contribution in [0.4, 0.5) is 24.7 Å². The van der Waals surface area contributed by atoms with Crippen LogP contribution in [0.1, 0.15) is 22.5 Å². The van der Waals surface area contributed by atoms with Crippen LogP contribution in [0, 0.1) is 0 Å². The normalized spacial score (nSPS) is 21.7. The van der Waals surface area contributed by atoms with Gasteiger partial charge in [0.25, 0.3) is 5.91 Å². The third-order valence-electron chi connectivity index (χ3n) is 4.19. The number of hydrogen-bond acceptors (Lipinski definition) is 6. The first-order chi connectivity index (χ1) is 12.3. The molecule has 2 aliphatic rings. The summed E-state index contributed by atoms with van der Waals surface area (Å²) in [6, 6.07) is 2.03. The van der Waals surface area contributed by atoms with Crippen molar-refractivity contribution in [2.75, 3.05) is 18.5 Å². The van der Waals surface area contributed by atoms with E-state index >= 15 is 0 Å². The number of halogens is 3. The number of amides is 1. The lowest BCUT2D eigenvalue weighted by molar-refractivity contribution is -0.141. The van der Waals surface area contributed by atoms with Crippen molar-refractivity contribution in [2.24, 2.45) is 10.7 Å². The predicted molar refractivity (Wildman–Crippen MR) is 84.1 cm³/mol. The summed E-state index contributed by atoms with van der Waals surface area (Å²) in [5.74, 6) is -0.616. The van der Waals surface area contributed by atoms with Gasteiger partial charge >= 0.3 is 6.18 Å². The van der Waals surface area contributed by atoms with Crippen LogP contribution in [0.15, 0.2) is 29.5 Å². The van der Waals surface area contributed by atoms with Crippen molar-refractivity contribution in [1.29, 1.82) is 0 Å². The molecule has 0 saturated carbocycles. The van der Waals surface area contributed by atoms with Gasteiger partial charge in [-0.3, -0.25) is 9.79 Å². The molecule has 0 unspecified atom stereocenters. The van der Waals surface area contributed by atoms with Crippen molar-refractivity contribution < 1.29 is 22.7 Å². The number of nitrogens with one attached hydrogen (secondary N) is 1. The van der Waals surface area contributed by atoms with Crippen molar-refractivity contribution >= 4 is 23.1 Å². The highest BCUT2D eigenvalue weighted by molar-refractivity contribution is 6.04. The number of fused-ring (bicyclic) bond motifs is 1. The molecule has 1 atom stereocenters. The summed E-state index contributed by atoms with van der Waals surface area (Å²) in [6.45, 7) is 0.885. The summed E-state index contributed by atoms with van der Waals surface area (Å²) in [7, 11) is 0. The highest BCUT2D eigenvalue weighted by atomic mass is 19.4. The Morgan fingerprint density at radius 2 is 2.19 bits per heavy atom. The molecule has 2 aromatic rings. The van der Waals surface area contributed by atoms with Gasteiger partial charge in [-0.25, -0.2) is 9.67 Å². The number of aromatic nitrogens is 3. The maximum atomic E-state index is 12.6. The molecule has 136 valence electrons. The summed E-state index contributed by atoms with van der Waals surface area (Å²) >= 11 is 0. The first-order valence-electron chi connectivity index (χ1n) is 7.67. The van der Waals surface area contributed by atoms with Gasteiger partial charge in [0.05, 0.1) is 30.8 Å². The molecule has 1 amide bonds. The molecular formula is C15H13F3N6O2. The number of ether oxygens (including phenoxy) is 1. The van der Waals surface area contributed by atoms with Gasteiger partial charge < -0.3 is 15.8 Å². The lowest BCUT2D eigenvalue weighted by Gasteiger charge is -2.20. The number of pyridine rings is 1. The Kier molecular flexibility index (Phi) is 3.51. The van der Waals surface area contributed by atoms with E-state index in [-0.39, 0.29) is 17.1 Å². The van der Waals surface area contributed by atoms with Crippen LogP contribution in [0.2, 0.25) is 0 Å². The van der Waals surface area contributed by atoms with Gasteiger partial charge in [-0.15, -0.1) is 0 Å². The number of anilines is 2. The van der Waals surface area contributed by atoms with E-state index < -0.39 is 23.4 Å². The van der Waals surface area contributed by atoms with E-state index in [4.69, 9.17) is 10.5 Å². The zero-order valence-electron chi connectivity index (χ0n) is 13.2. The molecule has 0 radical (unpaired) electrons. The molecule has 0 aromatic carbocycles. The largest absolute Gasteiger partial charge is 0.433 e. The van der Waals surface area contributed by atoms with E-state index in [0.717, 1.165) is 18.0 Å². The lowest BCUT2D eigenvalue weighted by Crippen LogP contribution is -2.35. The monoisotopic (exact) mass is 366 g/mol. The number of carbonyl (C=O) groups is 1. The molecule has 4 heterocycles. The van der Waals surface area contributed by atoms with Crippen LogP contribution < -0.4 is 11.1 Å². The number of nitrogens with two attached hydrogens (primary N) is 1. The summed E-state index contributed by atoms with van der Waals surface area (Å²) in [5, 5.41) is 7.07. The zero-order chi connectivity index (χ0) is 18.5. The van der Waals surface area contributed by atoms with E-state index in [1.807, 2.05) is 0 Å². The van der Waals surface area contributed by atoms with E-state index in [0.29, 0.717) is 19.6 Å². The predicted octanol–water partition coefficient (Wildman–Crippen LogP) is 1.67. The Morgan fingerprint density at radius 1 is 1.38 bits per heavy atom. The number of rotatable bonds is 4. The zero-order valence-corrected chi connectivity index (χ0v) is 13.2. The van der Waals surface area contributed by atoms with Crippen LogP contribution in [-0.4, -0.2) is 39.6 Å².